The molecule has 7 nitrogen and oxygen atoms in total. The van der Waals surface area contributed by atoms with Crippen molar-refractivity contribution in [2.75, 3.05) is 18.1 Å². The van der Waals surface area contributed by atoms with E-state index in [4.69, 9.17) is 21.6 Å². The van der Waals surface area contributed by atoms with E-state index in [0.29, 0.717) is 23.6 Å². The molecule has 0 atom stereocenters. The number of anilines is 1. The van der Waals surface area contributed by atoms with Gasteiger partial charge >= 0.3 is 5.97 Å². The average Bonchev–Trinajstić information content (AvgIpc) is 2.66. The number of esters is 1. The number of benzene rings is 1. The Morgan fingerprint density at radius 3 is 2.61 bits per heavy atom. The monoisotopic (exact) mass is 405 g/mol. The van der Waals surface area contributed by atoms with Crippen LogP contribution in [0.2, 0.25) is 5.02 Å². The predicted octanol–water partition coefficient (Wildman–Crippen LogP) is 2.97. The van der Waals surface area contributed by atoms with E-state index in [-0.39, 0.29) is 18.9 Å². The standard InChI is InChI=1S/C20H24ClN3O4/c1-15(25)23-20(9-3-2-4-10-20)19(27)28-14-18(26)24(12-6-11-22)17-8-5-7-16(21)13-17/h5,7-8,13H,2-4,6,9-10,12,14H2,1H3,(H,23,25). The van der Waals surface area contributed by atoms with Crippen LogP contribution < -0.4 is 10.2 Å². The molecule has 0 heterocycles. The number of halogens is 1. The van der Waals surface area contributed by atoms with Crippen molar-refractivity contribution >= 4 is 35.1 Å². The van der Waals surface area contributed by atoms with Crippen molar-refractivity contribution in [3.05, 3.63) is 29.3 Å². The molecule has 2 amide bonds. The molecule has 1 aliphatic carbocycles. The molecule has 0 spiro atoms. The van der Waals surface area contributed by atoms with Crippen LogP contribution in [0.3, 0.4) is 0 Å². The zero-order chi connectivity index (χ0) is 20.6. The molecule has 1 aromatic rings. The van der Waals surface area contributed by atoms with Crippen LogP contribution in [0.25, 0.3) is 0 Å². The summed E-state index contributed by atoms with van der Waals surface area (Å²) in [6.45, 7) is 1.04. The summed E-state index contributed by atoms with van der Waals surface area (Å²) in [6, 6.07) is 8.68. The van der Waals surface area contributed by atoms with E-state index in [1.54, 1.807) is 24.3 Å². The third-order valence-corrected chi connectivity index (χ3v) is 4.94. The van der Waals surface area contributed by atoms with E-state index in [0.717, 1.165) is 19.3 Å². The summed E-state index contributed by atoms with van der Waals surface area (Å²) in [6.07, 6.45) is 3.71. The summed E-state index contributed by atoms with van der Waals surface area (Å²) in [5.74, 6) is -1.36. The molecule has 0 bridgehead atoms. The lowest BCUT2D eigenvalue weighted by Crippen LogP contribution is -2.56. The van der Waals surface area contributed by atoms with Crippen LogP contribution in [0.5, 0.6) is 0 Å². The lowest BCUT2D eigenvalue weighted by atomic mass is 9.81. The number of carbonyl (C=O) groups is 3. The summed E-state index contributed by atoms with van der Waals surface area (Å²) < 4.78 is 5.30. The van der Waals surface area contributed by atoms with Crippen molar-refractivity contribution in [3.8, 4) is 6.07 Å². The van der Waals surface area contributed by atoms with Crippen LogP contribution in [0, 0.1) is 11.3 Å². The lowest BCUT2D eigenvalue weighted by molar-refractivity contribution is -0.157. The van der Waals surface area contributed by atoms with Crippen LogP contribution in [0.4, 0.5) is 5.69 Å². The minimum atomic E-state index is -1.07. The molecule has 0 unspecified atom stereocenters. The van der Waals surface area contributed by atoms with Crippen LogP contribution in [0.1, 0.15) is 45.4 Å². The topological polar surface area (TPSA) is 99.5 Å². The highest BCUT2D eigenvalue weighted by Gasteiger charge is 2.42. The highest BCUT2D eigenvalue weighted by Crippen LogP contribution is 2.29. The fourth-order valence-corrected chi connectivity index (χ4v) is 3.60. The Kier molecular flexibility index (Phi) is 7.82. The Labute approximate surface area is 169 Å². The number of nitrogens with zero attached hydrogens (tertiary/aromatic N) is 2. The number of ether oxygens (including phenoxy) is 1. The Hall–Kier alpha value is -2.59. The van der Waals surface area contributed by atoms with E-state index in [1.165, 1.54) is 11.8 Å². The van der Waals surface area contributed by atoms with Gasteiger partial charge in [0, 0.05) is 24.2 Å². The predicted molar refractivity (Wildman–Crippen MR) is 105 cm³/mol. The van der Waals surface area contributed by atoms with Crippen molar-refractivity contribution in [2.45, 2.75) is 51.0 Å². The molecule has 1 fully saturated rings. The second kappa shape index (κ2) is 10.1. The van der Waals surface area contributed by atoms with E-state index in [2.05, 4.69) is 5.32 Å². The summed E-state index contributed by atoms with van der Waals surface area (Å²) in [5, 5.41) is 12.0. The van der Waals surface area contributed by atoms with Crippen LogP contribution in [-0.4, -0.2) is 36.5 Å². The third-order valence-electron chi connectivity index (χ3n) is 4.71. The van der Waals surface area contributed by atoms with Gasteiger partial charge in [-0.1, -0.05) is 36.9 Å². The largest absolute Gasteiger partial charge is 0.454 e. The molecule has 0 saturated heterocycles. The summed E-state index contributed by atoms with van der Waals surface area (Å²) in [4.78, 5) is 38.3. The van der Waals surface area contributed by atoms with Gasteiger partial charge in [-0.3, -0.25) is 9.59 Å². The normalized spacial score (nSPS) is 15.2. The molecule has 2 rings (SSSR count). The van der Waals surface area contributed by atoms with Crippen molar-refractivity contribution < 1.29 is 19.1 Å². The maximum atomic E-state index is 12.7. The lowest BCUT2D eigenvalue weighted by Gasteiger charge is -2.35. The van der Waals surface area contributed by atoms with Gasteiger partial charge in [0.05, 0.1) is 12.5 Å². The van der Waals surface area contributed by atoms with Gasteiger partial charge in [-0.05, 0) is 31.0 Å². The zero-order valence-electron chi connectivity index (χ0n) is 15.9. The number of hydrogen-bond donors (Lipinski definition) is 1. The quantitative estimate of drug-likeness (QED) is 0.703. The fourth-order valence-electron chi connectivity index (χ4n) is 3.42. The maximum Gasteiger partial charge on any atom is 0.332 e. The molecule has 1 saturated carbocycles. The first kappa shape index (κ1) is 21.7. The molecular weight excluding hydrogens is 382 g/mol. The molecule has 28 heavy (non-hydrogen) atoms. The van der Waals surface area contributed by atoms with Gasteiger partial charge in [0.2, 0.25) is 5.91 Å². The fraction of sp³-hybridized carbons (Fsp3) is 0.500. The first-order chi connectivity index (χ1) is 13.4. The van der Waals surface area contributed by atoms with E-state index in [1.807, 2.05) is 6.07 Å². The summed E-state index contributed by atoms with van der Waals surface area (Å²) in [7, 11) is 0. The first-order valence-electron chi connectivity index (χ1n) is 9.27. The van der Waals surface area contributed by atoms with Crippen molar-refractivity contribution in [3.63, 3.8) is 0 Å². The smallest absolute Gasteiger partial charge is 0.332 e. The van der Waals surface area contributed by atoms with Gasteiger partial charge in [-0.15, -0.1) is 0 Å². The molecular formula is C20H24ClN3O4. The van der Waals surface area contributed by atoms with Gasteiger partial charge in [-0.25, -0.2) is 4.79 Å². The van der Waals surface area contributed by atoms with E-state index < -0.39 is 24.0 Å². The van der Waals surface area contributed by atoms with Crippen molar-refractivity contribution in [1.29, 1.82) is 5.26 Å². The van der Waals surface area contributed by atoms with Crippen molar-refractivity contribution in [2.24, 2.45) is 0 Å². The Morgan fingerprint density at radius 2 is 2.00 bits per heavy atom. The molecule has 8 heteroatoms. The minimum Gasteiger partial charge on any atom is -0.454 e. The number of amides is 2. The van der Waals surface area contributed by atoms with Gasteiger partial charge in [0.15, 0.2) is 6.61 Å². The van der Waals surface area contributed by atoms with E-state index >= 15 is 0 Å². The molecule has 1 aromatic carbocycles. The minimum absolute atomic E-state index is 0.127. The highest BCUT2D eigenvalue weighted by atomic mass is 35.5. The van der Waals surface area contributed by atoms with Crippen LogP contribution in [-0.2, 0) is 19.1 Å². The molecule has 0 radical (unpaired) electrons. The van der Waals surface area contributed by atoms with Crippen LogP contribution >= 0.6 is 11.6 Å². The third kappa shape index (κ3) is 5.70. The SMILES string of the molecule is CC(=O)NC1(C(=O)OCC(=O)N(CCC#N)c2cccc(Cl)c2)CCCCC1. The van der Waals surface area contributed by atoms with Crippen molar-refractivity contribution in [1.82, 2.24) is 5.32 Å². The molecule has 0 aliphatic heterocycles. The zero-order valence-corrected chi connectivity index (χ0v) is 16.6. The first-order valence-corrected chi connectivity index (χ1v) is 9.64. The number of hydrogen-bond acceptors (Lipinski definition) is 5. The summed E-state index contributed by atoms with van der Waals surface area (Å²) >= 11 is 5.99. The van der Waals surface area contributed by atoms with Gasteiger partial charge in [0.1, 0.15) is 5.54 Å². The Morgan fingerprint density at radius 1 is 1.29 bits per heavy atom. The second-order valence-electron chi connectivity index (χ2n) is 6.83. The van der Waals surface area contributed by atoms with Gasteiger partial charge < -0.3 is 15.0 Å². The van der Waals surface area contributed by atoms with E-state index in [9.17, 15) is 14.4 Å². The van der Waals surface area contributed by atoms with Gasteiger partial charge in [-0.2, -0.15) is 5.26 Å². The second-order valence-corrected chi connectivity index (χ2v) is 7.27. The number of nitriles is 1. The average molecular weight is 406 g/mol. The Balaban J connectivity index is 2.08. The molecule has 1 aliphatic rings. The van der Waals surface area contributed by atoms with Crippen LogP contribution in [0.15, 0.2) is 24.3 Å². The molecule has 0 aromatic heterocycles. The number of carbonyl (C=O) groups excluding carboxylic acids is 3. The molecule has 1 N–H and O–H groups in total. The Bertz CT molecular complexity index is 769. The highest BCUT2D eigenvalue weighted by molar-refractivity contribution is 6.30. The van der Waals surface area contributed by atoms with Gasteiger partial charge in [0.25, 0.3) is 5.91 Å². The molecule has 150 valence electrons. The summed E-state index contributed by atoms with van der Waals surface area (Å²) in [5.41, 5.74) is -0.546. The maximum absolute atomic E-state index is 12.7. The number of rotatable bonds is 7. The number of nitrogens with one attached hydrogen (secondary N) is 1.